The Balaban J connectivity index is 2.44. The Labute approximate surface area is 101 Å². The van der Waals surface area contributed by atoms with Gasteiger partial charge < -0.3 is 5.73 Å². The maximum atomic E-state index is 6.00. The zero-order valence-corrected chi connectivity index (χ0v) is 9.90. The van der Waals surface area contributed by atoms with Gasteiger partial charge in [-0.1, -0.05) is 23.2 Å². The SMILES string of the molecule is NCc1cnc(-c2ncc(Cl)cc2Cl)s1. The topological polar surface area (TPSA) is 51.8 Å². The molecule has 0 atom stereocenters. The first-order valence-electron chi connectivity index (χ1n) is 4.17. The summed E-state index contributed by atoms with van der Waals surface area (Å²) in [7, 11) is 0. The van der Waals surface area contributed by atoms with E-state index in [0.717, 1.165) is 9.88 Å². The van der Waals surface area contributed by atoms with Crippen molar-refractivity contribution < 1.29 is 0 Å². The Morgan fingerprint density at radius 2 is 2.07 bits per heavy atom. The lowest BCUT2D eigenvalue weighted by atomic mass is 10.3. The van der Waals surface area contributed by atoms with Gasteiger partial charge in [-0.15, -0.1) is 11.3 Å². The van der Waals surface area contributed by atoms with E-state index in [4.69, 9.17) is 28.9 Å². The van der Waals surface area contributed by atoms with E-state index < -0.39 is 0 Å². The molecule has 0 radical (unpaired) electrons. The fraction of sp³-hybridized carbons (Fsp3) is 0.111. The molecule has 2 rings (SSSR count). The van der Waals surface area contributed by atoms with Crippen molar-refractivity contribution in [1.82, 2.24) is 9.97 Å². The van der Waals surface area contributed by atoms with Gasteiger partial charge in [0, 0.05) is 23.8 Å². The molecule has 2 heterocycles. The average Bonchev–Trinajstić information content (AvgIpc) is 2.66. The summed E-state index contributed by atoms with van der Waals surface area (Å²) in [6, 6.07) is 1.65. The molecular formula is C9H7Cl2N3S. The van der Waals surface area contributed by atoms with Gasteiger partial charge in [-0.2, -0.15) is 0 Å². The molecule has 78 valence electrons. The van der Waals surface area contributed by atoms with Gasteiger partial charge in [0.1, 0.15) is 10.7 Å². The van der Waals surface area contributed by atoms with Gasteiger partial charge in [-0.3, -0.25) is 4.98 Å². The number of pyridine rings is 1. The molecule has 2 aromatic rings. The van der Waals surface area contributed by atoms with E-state index in [0.29, 0.717) is 22.3 Å². The number of thiazole rings is 1. The molecule has 0 aliphatic heterocycles. The Bertz CT molecular complexity index is 484. The minimum Gasteiger partial charge on any atom is -0.326 e. The highest BCUT2D eigenvalue weighted by molar-refractivity contribution is 7.15. The van der Waals surface area contributed by atoms with Gasteiger partial charge in [0.05, 0.1) is 10.0 Å². The Morgan fingerprint density at radius 1 is 1.27 bits per heavy atom. The molecule has 0 saturated heterocycles. The minimum atomic E-state index is 0.475. The second kappa shape index (κ2) is 4.45. The Kier molecular flexibility index (Phi) is 3.21. The number of hydrogen-bond donors (Lipinski definition) is 1. The number of rotatable bonds is 2. The number of aromatic nitrogens is 2. The maximum absolute atomic E-state index is 6.00. The van der Waals surface area contributed by atoms with Crippen LogP contribution in [0.15, 0.2) is 18.5 Å². The Morgan fingerprint density at radius 3 is 2.67 bits per heavy atom. The van der Waals surface area contributed by atoms with Crippen LogP contribution >= 0.6 is 34.5 Å². The molecule has 0 aromatic carbocycles. The fourth-order valence-electron chi connectivity index (χ4n) is 1.08. The lowest BCUT2D eigenvalue weighted by molar-refractivity contribution is 1.10. The van der Waals surface area contributed by atoms with Crippen molar-refractivity contribution in [3.8, 4) is 10.7 Å². The minimum absolute atomic E-state index is 0.475. The summed E-state index contributed by atoms with van der Waals surface area (Å²) in [5.74, 6) is 0. The normalized spacial score (nSPS) is 10.6. The van der Waals surface area contributed by atoms with E-state index in [1.54, 1.807) is 18.5 Å². The van der Waals surface area contributed by atoms with Crippen LogP contribution in [0.25, 0.3) is 10.7 Å². The molecule has 0 amide bonds. The molecule has 3 nitrogen and oxygen atoms in total. The van der Waals surface area contributed by atoms with Crippen LogP contribution in [0.3, 0.4) is 0 Å². The number of halogens is 2. The van der Waals surface area contributed by atoms with Crippen molar-refractivity contribution in [1.29, 1.82) is 0 Å². The van der Waals surface area contributed by atoms with E-state index in [-0.39, 0.29) is 0 Å². The molecule has 15 heavy (non-hydrogen) atoms. The zero-order chi connectivity index (χ0) is 10.8. The third kappa shape index (κ3) is 2.29. The van der Waals surface area contributed by atoms with Crippen LogP contribution in [0.1, 0.15) is 4.88 Å². The van der Waals surface area contributed by atoms with Gasteiger partial charge in [0.2, 0.25) is 0 Å². The van der Waals surface area contributed by atoms with E-state index in [1.807, 2.05) is 0 Å². The van der Waals surface area contributed by atoms with Gasteiger partial charge >= 0.3 is 0 Å². The molecule has 0 saturated carbocycles. The fourth-order valence-corrected chi connectivity index (χ4v) is 2.41. The maximum Gasteiger partial charge on any atom is 0.143 e. The summed E-state index contributed by atoms with van der Waals surface area (Å²) in [5.41, 5.74) is 6.14. The van der Waals surface area contributed by atoms with E-state index in [1.165, 1.54) is 11.3 Å². The first-order chi connectivity index (χ1) is 7.20. The van der Waals surface area contributed by atoms with E-state index in [9.17, 15) is 0 Å². The predicted molar refractivity (Wildman–Crippen MR) is 63.3 cm³/mol. The van der Waals surface area contributed by atoms with Crippen molar-refractivity contribution in [3.63, 3.8) is 0 Å². The molecular weight excluding hydrogens is 253 g/mol. The summed E-state index contributed by atoms with van der Waals surface area (Å²) < 4.78 is 0. The molecule has 0 fully saturated rings. The predicted octanol–water partition coefficient (Wildman–Crippen LogP) is 2.97. The zero-order valence-electron chi connectivity index (χ0n) is 7.58. The van der Waals surface area contributed by atoms with Crippen LogP contribution in [0, 0.1) is 0 Å². The molecule has 6 heteroatoms. The summed E-state index contributed by atoms with van der Waals surface area (Å²) in [5, 5.41) is 1.77. The van der Waals surface area contributed by atoms with Crippen LogP contribution in [0.5, 0.6) is 0 Å². The summed E-state index contributed by atoms with van der Waals surface area (Å²) in [6.07, 6.45) is 3.28. The molecule has 0 bridgehead atoms. The highest BCUT2D eigenvalue weighted by Crippen LogP contribution is 2.30. The molecule has 0 aliphatic carbocycles. The standard InChI is InChI=1S/C9H7Cl2N3S/c10-5-1-7(11)8(13-3-5)9-14-4-6(2-12)15-9/h1,3-4H,2,12H2. The second-order valence-corrected chi connectivity index (χ2v) is 4.78. The van der Waals surface area contributed by atoms with Crippen LogP contribution < -0.4 is 5.73 Å². The van der Waals surface area contributed by atoms with E-state index >= 15 is 0 Å². The van der Waals surface area contributed by atoms with Gasteiger partial charge in [-0.05, 0) is 6.07 Å². The van der Waals surface area contributed by atoms with Crippen molar-refractivity contribution >= 4 is 34.5 Å². The molecule has 2 aromatic heterocycles. The van der Waals surface area contributed by atoms with E-state index in [2.05, 4.69) is 9.97 Å². The number of hydrogen-bond acceptors (Lipinski definition) is 4. The van der Waals surface area contributed by atoms with Crippen LogP contribution in [-0.4, -0.2) is 9.97 Å². The highest BCUT2D eigenvalue weighted by Gasteiger charge is 2.09. The monoisotopic (exact) mass is 259 g/mol. The number of nitrogens with zero attached hydrogens (tertiary/aromatic N) is 2. The third-order valence-electron chi connectivity index (χ3n) is 1.77. The van der Waals surface area contributed by atoms with Crippen molar-refractivity contribution in [3.05, 3.63) is 33.4 Å². The lowest BCUT2D eigenvalue weighted by Gasteiger charge is -1.98. The Hall–Kier alpha value is -0.680. The molecule has 2 N–H and O–H groups in total. The first kappa shape index (κ1) is 10.8. The van der Waals surface area contributed by atoms with Crippen molar-refractivity contribution in [2.24, 2.45) is 5.73 Å². The second-order valence-electron chi connectivity index (χ2n) is 2.82. The summed E-state index contributed by atoms with van der Waals surface area (Å²) in [4.78, 5) is 9.33. The van der Waals surface area contributed by atoms with Gasteiger partial charge in [-0.25, -0.2) is 4.98 Å². The van der Waals surface area contributed by atoms with Crippen molar-refractivity contribution in [2.45, 2.75) is 6.54 Å². The molecule has 0 unspecified atom stereocenters. The smallest absolute Gasteiger partial charge is 0.143 e. The first-order valence-corrected chi connectivity index (χ1v) is 5.74. The van der Waals surface area contributed by atoms with Gasteiger partial charge in [0.15, 0.2) is 0 Å². The molecule has 0 aliphatic rings. The highest BCUT2D eigenvalue weighted by atomic mass is 35.5. The third-order valence-corrected chi connectivity index (χ3v) is 3.29. The largest absolute Gasteiger partial charge is 0.326 e. The lowest BCUT2D eigenvalue weighted by Crippen LogP contribution is -1.91. The average molecular weight is 260 g/mol. The molecule has 0 spiro atoms. The van der Waals surface area contributed by atoms with Crippen LogP contribution in [-0.2, 0) is 6.54 Å². The quantitative estimate of drug-likeness (QED) is 0.903. The summed E-state index contributed by atoms with van der Waals surface area (Å²) in [6.45, 7) is 0.475. The van der Waals surface area contributed by atoms with Crippen LogP contribution in [0.4, 0.5) is 0 Å². The number of nitrogens with two attached hydrogens (primary N) is 1. The summed E-state index contributed by atoms with van der Waals surface area (Å²) >= 11 is 13.2. The van der Waals surface area contributed by atoms with Gasteiger partial charge in [0.25, 0.3) is 0 Å². The van der Waals surface area contributed by atoms with Crippen LogP contribution in [0.2, 0.25) is 10.0 Å². The van der Waals surface area contributed by atoms with Crippen molar-refractivity contribution in [2.75, 3.05) is 0 Å².